The average molecular weight is 1660 g/mol. The van der Waals surface area contributed by atoms with Crippen LogP contribution in [0.15, 0.2) is 218 Å². The van der Waals surface area contributed by atoms with Gasteiger partial charge in [-0.2, -0.15) is 26.3 Å². The molecule has 610 valence electrons. The number of pyridine rings is 4. The Morgan fingerprint density at radius 3 is 1.13 bits per heavy atom. The minimum absolute atomic E-state index is 0.207. The number of amides is 3. The molecule has 0 saturated carbocycles. The van der Waals surface area contributed by atoms with Crippen LogP contribution in [0.5, 0.6) is 0 Å². The number of fused-ring (bicyclic) bond motifs is 1. The van der Waals surface area contributed by atoms with Crippen molar-refractivity contribution in [2.24, 2.45) is 0 Å². The smallest absolute Gasteiger partial charge is 0.416 e. The maximum atomic E-state index is 12.8. The number of anilines is 16. The predicted octanol–water partition coefficient (Wildman–Crippen LogP) is 22.9. The highest BCUT2D eigenvalue weighted by Gasteiger charge is 2.31. The van der Waals surface area contributed by atoms with Crippen molar-refractivity contribution < 1.29 is 54.9 Å². The number of carbonyl (C=O) groups is 3. The number of nitrogens with two attached hydrogens (primary N) is 5. The van der Waals surface area contributed by atoms with Crippen molar-refractivity contribution in [3.8, 4) is 5.82 Å². The number of nitrogens with one attached hydrogen (secondary N) is 7. The number of halogens is 9. The van der Waals surface area contributed by atoms with Crippen LogP contribution < -0.4 is 65.9 Å². The van der Waals surface area contributed by atoms with E-state index in [4.69, 9.17) is 77.7 Å². The van der Waals surface area contributed by atoms with Gasteiger partial charge in [0.05, 0.1) is 62.0 Å². The Balaban J connectivity index is 0.000000204. The zero-order chi connectivity index (χ0) is 85.5. The van der Waals surface area contributed by atoms with Crippen molar-refractivity contribution in [1.82, 2.24) is 29.5 Å². The molecule has 12 rings (SSSR count). The van der Waals surface area contributed by atoms with E-state index in [1.165, 1.54) is 53.6 Å². The first-order valence-electron chi connectivity index (χ1n) is 35.3. The number of hydrogen-bond donors (Lipinski definition) is 12. The van der Waals surface area contributed by atoms with E-state index in [9.17, 15) is 40.7 Å². The van der Waals surface area contributed by atoms with E-state index < -0.39 is 58.6 Å². The molecule has 0 atom stereocenters. The number of nitrogen functional groups attached to an aromatic ring is 5. The molecular weight excluding hydrogens is 1570 g/mol. The van der Waals surface area contributed by atoms with Crippen molar-refractivity contribution >= 4 is 156 Å². The standard InChI is InChI=1S/C23H24F3N5O2.C20H16F3N5.C17H20ClN3O2.C10H12Cl2N2O2.C7H9N.C6H8N2/c1-22(2,3)33-21(32)29-16-12-19(28-15-10-8-14(9-11-15)23(24,25)26)31-20(13-16)30-18-7-5-4-6-17(18)27;1-12-25-16-4-2-3-5-17(16)28(12)19-11-14(24)10-18(27-19)26-15-8-6-13(7-9-15)20(21,22)23;1-11-5-7-12(8-6-11)19-15-10-13(9-14(18)21-15)20-16(22)23-17(2,3)4;1-10(2,3)16-9(15)13-6-4-7(11)14-8(12)5-6;1-6-2-4-7(8)5-3-6;7-5-3-1-2-4-6(5)8/h4-13H,27H2,1-3H3,(H3,28,29,30,31,32);2-11H,1H3,(H3,24,26,27);5-10H,1-4H3,(H2,19,20,21,22);4-5H,1-3H3,(H,13,14,15);2-5H,8H2,1H3;1-4H,7-8H2. The summed E-state index contributed by atoms with van der Waals surface area (Å²) >= 11 is 17.4. The fraction of sp³-hybridized carbons (Fsp3) is 0.205. The number of hydrogen-bond acceptors (Lipinski definition) is 20. The minimum Gasteiger partial charge on any atom is -0.444 e. The normalized spacial score (nSPS) is 11.1. The monoisotopic (exact) mass is 1650 g/mol. The van der Waals surface area contributed by atoms with Crippen LogP contribution >= 0.6 is 34.8 Å². The molecule has 5 heterocycles. The lowest BCUT2D eigenvalue weighted by Gasteiger charge is -2.20. The topological polar surface area (TPSA) is 363 Å². The lowest BCUT2D eigenvalue weighted by atomic mass is 10.2. The molecule has 116 heavy (non-hydrogen) atoms. The number of imidazole rings is 1. The highest BCUT2D eigenvalue weighted by molar-refractivity contribution is 6.33. The molecule has 17 N–H and O–H groups in total. The van der Waals surface area contributed by atoms with Crippen molar-refractivity contribution in [3.05, 3.63) is 262 Å². The van der Waals surface area contributed by atoms with Crippen LogP contribution in [0.1, 0.15) is 90.4 Å². The first kappa shape index (κ1) is 90.3. The van der Waals surface area contributed by atoms with Gasteiger partial charge in [0.15, 0.2) is 0 Å². The first-order chi connectivity index (χ1) is 54.3. The van der Waals surface area contributed by atoms with Gasteiger partial charge in [-0.15, -0.1) is 0 Å². The lowest BCUT2D eigenvalue weighted by molar-refractivity contribution is -0.138. The van der Waals surface area contributed by atoms with Gasteiger partial charge in [0.25, 0.3) is 0 Å². The van der Waals surface area contributed by atoms with Gasteiger partial charge in [0.2, 0.25) is 0 Å². The first-order valence-corrected chi connectivity index (χ1v) is 36.4. The zero-order valence-electron chi connectivity index (χ0n) is 65.2. The van der Waals surface area contributed by atoms with Gasteiger partial charge in [0, 0.05) is 58.8 Å². The molecule has 0 aliphatic rings. The van der Waals surface area contributed by atoms with E-state index in [-0.39, 0.29) is 21.3 Å². The van der Waals surface area contributed by atoms with Crippen LogP contribution in [0.2, 0.25) is 15.5 Å². The SMILES string of the molecule is CC(C)(C)OC(=O)Nc1cc(Cl)nc(Cl)c1.CC(C)(C)OC(=O)Nc1cc(Nc2ccc(C(F)(F)F)cc2)nc(Nc2ccccc2N)c1.Cc1ccc(N)cc1.Cc1ccc(Nc2cc(NC(=O)OC(C)(C)C)cc(Cl)n2)cc1.Cc1nc2ccccc2n1-c1cc(N)cc(Nc2ccc(C(F)(F)F)cc2)n1.Nc1ccccc1N. The quantitative estimate of drug-likeness (QED) is 0.0234. The second-order valence-electron chi connectivity index (χ2n) is 28.3. The Bertz CT molecular complexity index is 5220. The summed E-state index contributed by atoms with van der Waals surface area (Å²) in [5, 5.41) is 20.6. The third kappa shape index (κ3) is 31.6. The molecule has 0 aliphatic carbocycles. The van der Waals surface area contributed by atoms with Crippen molar-refractivity contribution in [2.45, 2.75) is 112 Å². The summed E-state index contributed by atoms with van der Waals surface area (Å²) in [5.74, 6) is 2.90. The summed E-state index contributed by atoms with van der Waals surface area (Å²) in [6, 6.07) is 59.5. The van der Waals surface area contributed by atoms with Crippen LogP contribution in [-0.4, -0.2) is 64.6 Å². The molecule has 0 radical (unpaired) electrons. The second kappa shape index (κ2) is 40.2. The van der Waals surface area contributed by atoms with Crippen LogP contribution in [-0.2, 0) is 26.6 Å². The minimum atomic E-state index is -4.43. The Hall–Kier alpha value is -12.9. The number of ether oxygens (including phenoxy) is 3. The molecular formula is C83H89Cl3F6N18O6. The fourth-order valence-electron chi connectivity index (χ4n) is 9.71. The van der Waals surface area contributed by atoms with Gasteiger partial charge < -0.3 is 64.1 Å². The fourth-order valence-corrected chi connectivity index (χ4v) is 10.4. The Morgan fingerprint density at radius 1 is 0.362 bits per heavy atom. The number of aromatic nitrogens is 6. The molecule has 0 spiro atoms. The van der Waals surface area contributed by atoms with E-state index in [1.807, 2.05) is 110 Å². The predicted molar refractivity (Wildman–Crippen MR) is 454 cm³/mol. The van der Waals surface area contributed by atoms with Gasteiger partial charge >= 0.3 is 30.6 Å². The van der Waals surface area contributed by atoms with Gasteiger partial charge in [-0.3, -0.25) is 20.5 Å². The number of carbonyl (C=O) groups excluding carboxylic acids is 3. The number of para-hydroxylation sites is 6. The summed E-state index contributed by atoms with van der Waals surface area (Å²) in [7, 11) is 0. The number of nitrogens with zero attached hydrogens (tertiary/aromatic N) is 6. The number of alkyl halides is 6. The van der Waals surface area contributed by atoms with Crippen LogP contribution in [0.25, 0.3) is 16.9 Å². The van der Waals surface area contributed by atoms with E-state index in [1.54, 1.807) is 129 Å². The third-order valence-corrected chi connectivity index (χ3v) is 15.3. The van der Waals surface area contributed by atoms with Gasteiger partial charge in [-0.25, -0.2) is 39.3 Å². The summed E-state index contributed by atoms with van der Waals surface area (Å²) in [6.07, 6.45) is -10.6. The summed E-state index contributed by atoms with van der Waals surface area (Å²) in [4.78, 5) is 56.9. The molecule has 24 nitrogen and oxygen atoms in total. The van der Waals surface area contributed by atoms with E-state index in [2.05, 4.69) is 62.1 Å². The van der Waals surface area contributed by atoms with Gasteiger partial charge in [-0.1, -0.05) is 107 Å². The van der Waals surface area contributed by atoms with Crippen LogP contribution in [0.4, 0.5) is 132 Å². The molecule has 33 heteroatoms. The maximum absolute atomic E-state index is 12.8. The molecule has 0 unspecified atom stereocenters. The second-order valence-corrected chi connectivity index (χ2v) is 29.5. The molecule has 12 aromatic rings. The van der Waals surface area contributed by atoms with E-state index in [0.717, 1.165) is 52.5 Å². The molecule has 7 aromatic carbocycles. The van der Waals surface area contributed by atoms with Crippen molar-refractivity contribution in [1.29, 1.82) is 0 Å². The summed E-state index contributed by atoms with van der Waals surface area (Å²) in [5.41, 5.74) is 35.8. The third-order valence-electron chi connectivity index (χ3n) is 14.7. The Morgan fingerprint density at radius 2 is 0.716 bits per heavy atom. The van der Waals surface area contributed by atoms with Crippen molar-refractivity contribution in [2.75, 3.05) is 65.9 Å². The molecule has 0 bridgehead atoms. The largest absolute Gasteiger partial charge is 0.444 e. The number of aryl methyl sites for hydroxylation is 3. The summed E-state index contributed by atoms with van der Waals surface area (Å²) in [6.45, 7) is 21.9. The summed E-state index contributed by atoms with van der Waals surface area (Å²) < 4.78 is 94.1. The molecule has 0 saturated heterocycles. The van der Waals surface area contributed by atoms with Crippen LogP contribution in [0.3, 0.4) is 0 Å². The molecule has 0 fully saturated rings. The molecule has 5 aromatic heterocycles. The van der Waals surface area contributed by atoms with Gasteiger partial charge in [-0.05, 0) is 210 Å². The molecule has 3 amide bonds. The molecule has 0 aliphatic heterocycles. The Labute approximate surface area is 682 Å². The van der Waals surface area contributed by atoms with Crippen molar-refractivity contribution in [3.63, 3.8) is 0 Å². The Kier molecular flexibility index (Phi) is 31.3. The maximum Gasteiger partial charge on any atom is 0.416 e. The lowest BCUT2D eigenvalue weighted by Crippen LogP contribution is -2.27. The zero-order valence-corrected chi connectivity index (χ0v) is 67.5. The number of rotatable bonds is 12. The van der Waals surface area contributed by atoms with Gasteiger partial charge in [0.1, 0.15) is 67.2 Å². The highest BCUT2D eigenvalue weighted by Crippen LogP contribution is 2.35. The van der Waals surface area contributed by atoms with E-state index >= 15 is 0 Å². The average Bonchev–Trinajstić information content (AvgIpc) is 1.63. The van der Waals surface area contributed by atoms with Crippen LogP contribution in [0, 0.1) is 20.8 Å². The number of benzene rings is 7. The highest BCUT2D eigenvalue weighted by atomic mass is 35.5. The van der Waals surface area contributed by atoms with E-state index in [0.29, 0.717) is 80.1 Å².